The normalized spacial score (nSPS) is 11.0. The number of benzene rings is 2. The zero-order valence-corrected chi connectivity index (χ0v) is 16.1. The molecule has 0 amide bonds. The van der Waals surface area contributed by atoms with Gasteiger partial charge in [0.25, 0.3) is 0 Å². The molecule has 5 nitrogen and oxygen atoms in total. The van der Waals surface area contributed by atoms with Crippen LogP contribution in [0.15, 0.2) is 88.1 Å². The van der Waals surface area contributed by atoms with Crippen LogP contribution in [0.5, 0.6) is 5.75 Å². The lowest BCUT2D eigenvalue weighted by atomic mass is 10.2. The molecule has 3 aromatic rings. The van der Waals surface area contributed by atoms with Gasteiger partial charge in [-0.3, -0.25) is 4.79 Å². The summed E-state index contributed by atoms with van der Waals surface area (Å²) in [5.74, 6) is 0.862. The van der Waals surface area contributed by atoms with Crippen molar-refractivity contribution in [1.82, 2.24) is 4.57 Å². The molecule has 28 heavy (non-hydrogen) atoms. The summed E-state index contributed by atoms with van der Waals surface area (Å²) in [4.78, 5) is 11.2. The monoisotopic (exact) mass is 375 g/mol. The number of nitrogens with zero attached hydrogens (tertiary/aromatic N) is 3. The van der Waals surface area contributed by atoms with E-state index < -0.39 is 0 Å². The van der Waals surface area contributed by atoms with Crippen LogP contribution in [0.4, 0.5) is 11.4 Å². The van der Waals surface area contributed by atoms with Gasteiger partial charge in [-0.1, -0.05) is 26.2 Å². The summed E-state index contributed by atoms with van der Waals surface area (Å²) in [7, 11) is 0. The molecule has 0 radical (unpaired) electrons. The van der Waals surface area contributed by atoms with E-state index in [1.54, 1.807) is 12.4 Å². The van der Waals surface area contributed by atoms with Crippen molar-refractivity contribution in [3.8, 4) is 11.4 Å². The van der Waals surface area contributed by atoms with E-state index in [4.69, 9.17) is 4.74 Å². The fourth-order valence-electron chi connectivity index (χ4n) is 2.72. The molecule has 0 aliphatic heterocycles. The van der Waals surface area contributed by atoms with Crippen LogP contribution in [0.2, 0.25) is 0 Å². The predicted octanol–water partition coefficient (Wildman–Crippen LogP) is 6.21. The molecule has 0 N–H and O–H groups in total. The second-order valence-corrected chi connectivity index (χ2v) is 6.56. The van der Waals surface area contributed by atoms with Gasteiger partial charge in [0, 0.05) is 30.2 Å². The standard InChI is InChI=1S/C23H25N3O2/c1-2-3-4-5-18-28-23-12-8-20(9-13-23)25-24-19-6-10-21(11-7-19)26-16-14-22(27)15-17-26/h6-17H,2-5,18H2,1H3. The van der Waals surface area contributed by atoms with Crippen LogP contribution in [-0.2, 0) is 0 Å². The van der Waals surface area contributed by atoms with Gasteiger partial charge in [0.1, 0.15) is 5.75 Å². The third-order valence-electron chi connectivity index (χ3n) is 4.33. The Balaban J connectivity index is 1.54. The van der Waals surface area contributed by atoms with E-state index in [1.165, 1.54) is 31.4 Å². The summed E-state index contributed by atoms with van der Waals surface area (Å²) in [6, 6.07) is 18.4. The Hall–Kier alpha value is -3.21. The van der Waals surface area contributed by atoms with Crippen LogP contribution in [0, 0.1) is 0 Å². The van der Waals surface area contributed by atoms with E-state index in [-0.39, 0.29) is 5.43 Å². The Morgan fingerprint density at radius 2 is 1.39 bits per heavy atom. The Morgan fingerprint density at radius 1 is 0.786 bits per heavy atom. The Bertz CT molecular complexity index is 924. The van der Waals surface area contributed by atoms with Gasteiger partial charge >= 0.3 is 0 Å². The van der Waals surface area contributed by atoms with Gasteiger partial charge < -0.3 is 9.30 Å². The van der Waals surface area contributed by atoms with Crippen molar-refractivity contribution in [1.29, 1.82) is 0 Å². The summed E-state index contributed by atoms with van der Waals surface area (Å²) < 4.78 is 7.62. The zero-order chi connectivity index (χ0) is 19.6. The first-order chi connectivity index (χ1) is 13.7. The molecule has 2 aromatic carbocycles. The van der Waals surface area contributed by atoms with Crippen LogP contribution in [0.25, 0.3) is 5.69 Å². The second kappa shape index (κ2) is 10.2. The van der Waals surface area contributed by atoms with Gasteiger partial charge in [-0.05, 0) is 55.0 Å². The number of pyridine rings is 1. The minimum absolute atomic E-state index is 0.00502. The van der Waals surface area contributed by atoms with Crippen molar-refractivity contribution in [2.75, 3.05) is 6.61 Å². The van der Waals surface area contributed by atoms with Gasteiger partial charge in [0.15, 0.2) is 5.43 Å². The summed E-state index contributed by atoms with van der Waals surface area (Å²) in [6.45, 7) is 2.96. The first-order valence-electron chi connectivity index (χ1n) is 9.68. The summed E-state index contributed by atoms with van der Waals surface area (Å²) >= 11 is 0. The molecule has 1 heterocycles. The second-order valence-electron chi connectivity index (χ2n) is 6.56. The molecule has 0 fully saturated rings. The highest BCUT2D eigenvalue weighted by Crippen LogP contribution is 2.22. The average molecular weight is 375 g/mol. The lowest BCUT2D eigenvalue weighted by molar-refractivity contribution is 0.305. The lowest BCUT2D eigenvalue weighted by Gasteiger charge is -2.06. The number of azo groups is 1. The molecule has 5 heteroatoms. The van der Waals surface area contributed by atoms with Crippen LogP contribution < -0.4 is 10.2 Å². The Labute approximate surface area is 165 Å². The number of aromatic nitrogens is 1. The molecular weight excluding hydrogens is 350 g/mol. The number of rotatable bonds is 9. The van der Waals surface area contributed by atoms with Crippen molar-refractivity contribution in [2.24, 2.45) is 10.2 Å². The maximum absolute atomic E-state index is 11.2. The largest absolute Gasteiger partial charge is 0.494 e. The molecule has 0 aliphatic rings. The number of ether oxygens (including phenoxy) is 1. The number of unbranched alkanes of at least 4 members (excludes halogenated alkanes) is 3. The molecule has 0 saturated carbocycles. The highest BCUT2D eigenvalue weighted by atomic mass is 16.5. The van der Waals surface area contributed by atoms with Crippen LogP contribution in [-0.4, -0.2) is 11.2 Å². The SMILES string of the molecule is CCCCCCOc1ccc(N=Nc2ccc(-n3ccc(=O)cc3)cc2)cc1. The van der Waals surface area contributed by atoms with Crippen LogP contribution in [0.3, 0.4) is 0 Å². The number of hydrogen-bond donors (Lipinski definition) is 0. The minimum Gasteiger partial charge on any atom is -0.494 e. The molecule has 1 aromatic heterocycles. The third-order valence-corrected chi connectivity index (χ3v) is 4.33. The van der Waals surface area contributed by atoms with E-state index in [0.717, 1.165) is 35.8 Å². The zero-order valence-electron chi connectivity index (χ0n) is 16.1. The molecule has 0 aliphatic carbocycles. The molecule has 0 saturated heterocycles. The minimum atomic E-state index is -0.00502. The molecule has 0 unspecified atom stereocenters. The van der Waals surface area contributed by atoms with E-state index in [2.05, 4.69) is 17.2 Å². The average Bonchev–Trinajstić information content (AvgIpc) is 2.74. The van der Waals surface area contributed by atoms with Crippen molar-refractivity contribution in [3.63, 3.8) is 0 Å². The smallest absolute Gasteiger partial charge is 0.181 e. The molecule has 144 valence electrons. The topological polar surface area (TPSA) is 56.0 Å². The highest BCUT2D eigenvalue weighted by Gasteiger charge is 1.97. The number of hydrogen-bond acceptors (Lipinski definition) is 4. The summed E-state index contributed by atoms with van der Waals surface area (Å²) in [6.07, 6.45) is 8.28. The summed E-state index contributed by atoms with van der Waals surface area (Å²) in [5.41, 5.74) is 2.50. The third kappa shape index (κ3) is 5.91. The molecule has 0 atom stereocenters. The fraction of sp³-hybridized carbons (Fsp3) is 0.261. The molecule has 0 bridgehead atoms. The van der Waals surface area contributed by atoms with Crippen LogP contribution in [0.1, 0.15) is 32.6 Å². The maximum atomic E-state index is 11.2. The predicted molar refractivity (Wildman–Crippen MR) is 112 cm³/mol. The van der Waals surface area contributed by atoms with Crippen LogP contribution >= 0.6 is 0 Å². The molecule has 0 spiro atoms. The van der Waals surface area contributed by atoms with Crippen molar-refractivity contribution < 1.29 is 4.74 Å². The van der Waals surface area contributed by atoms with Gasteiger partial charge in [-0.2, -0.15) is 10.2 Å². The Kier molecular flexibility index (Phi) is 7.13. The van der Waals surface area contributed by atoms with E-state index >= 15 is 0 Å². The van der Waals surface area contributed by atoms with Crippen molar-refractivity contribution in [3.05, 3.63) is 83.3 Å². The molecular formula is C23H25N3O2. The first kappa shape index (κ1) is 19.5. The van der Waals surface area contributed by atoms with Crippen molar-refractivity contribution in [2.45, 2.75) is 32.6 Å². The van der Waals surface area contributed by atoms with Gasteiger partial charge in [-0.15, -0.1) is 0 Å². The van der Waals surface area contributed by atoms with Gasteiger partial charge in [0.2, 0.25) is 0 Å². The summed E-state index contributed by atoms with van der Waals surface area (Å²) in [5, 5.41) is 8.55. The molecule has 3 rings (SSSR count). The Morgan fingerprint density at radius 3 is 2.00 bits per heavy atom. The van der Waals surface area contributed by atoms with E-state index in [0.29, 0.717) is 0 Å². The fourth-order valence-corrected chi connectivity index (χ4v) is 2.72. The highest BCUT2D eigenvalue weighted by molar-refractivity contribution is 5.46. The van der Waals surface area contributed by atoms with Gasteiger partial charge in [-0.25, -0.2) is 0 Å². The van der Waals surface area contributed by atoms with E-state index in [9.17, 15) is 4.79 Å². The van der Waals surface area contributed by atoms with Crippen molar-refractivity contribution >= 4 is 11.4 Å². The lowest BCUT2D eigenvalue weighted by Crippen LogP contribution is -2.01. The van der Waals surface area contributed by atoms with E-state index in [1.807, 2.05) is 53.1 Å². The quantitative estimate of drug-likeness (QED) is 0.330. The van der Waals surface area contributed by atoms with Gasteiger partial charge in [0.05, 0.1) is 18.0 Å². The first-order valence-corrected chi connectivity index (χ1v) is 9.68. The maximum Gasteiger partial charge on any atom is 0.181 e.